The van der Waals surface area contributed by atoms with Crippen molar-refractivity contribution in [1.29, 1.82) is 0 Å². The van der Waals surface area contributed by atoms with E-state index in [9.17, 15) is 24.2 Å². The molecule has 3 aromatic rings. The Morgan fingerprint density at radius 1 is 1.19 bits per heavy atom. The van der Waals surface area contributed by atoms with Crippen LogP contribution in [-0.2, 0) is 4.79 Å². The van der Waals surface area contributed by atoms with Crippen molar-refractivity contribution in [2.45, 2.75) is 12.3 Å². The highest BCUT2D eigenvalue weighted by atomic mass is 32.1. The lowest BCUT2D eigenvalue weighted by Gasteiger charge is -2.24. The van der Waals surface area contributed by atoms with Gasteiger partial charge in [-0.2, -0.15) is 0 Å². The molecule has 27 heavy (non-hydrogen) atoms. The van der Waals surface area contributed by atoms with Crippen LogP contribution in [0.2, 0.25) is 0 Å². The van der Waals surface area contributed by atoms with Crippen LogP contribution in [0, 0.1) is 5.82 Å². The van der Waals surface area contributed by atoms with Crippen molar-refractivity contribution in [2.75, 3.05) is 5.32 Å². The molecule has 0 fully saturated rings. The molecule has 136 valence electrons. The van der Waals surface area contributed by atoms with Crippen LogP contribution < -0.4 is 5.32 Å². The van der Waals surface area contributed by atoms with Crippen LogP contribution in [0.4, 0.5) is 10.1 Å². The number of aromatic hydroxyl groups is 1. The van der Waals surface area contributed by atoms with Gasteiger partial charge < -0.3 is 15.5 Å². The summed E-state index contributed by atoms with van der Waals surface area (Å²) in [6.45, 7) is 0. The second-order valence-electron chi connectivity index (χ2n) is 6.23. The largest absolute Gasteiger partial charge is 0.508 e. The number of rotatable bonds is 3. The molecule has 1 aliphatic heterocycles. The van der Waals surface area contributed by atoms with Crippen molar-refractivity contribution < 1.29 is 24.2 Å². The van der Waals surface area contributed by atoms with Gasteiger partial charge in [-0.15, -0.1) is 11.3 Å². The molecule has 0 bridgehead atoms. The zero-order chi connectivity index (χ0) is 19.1. The molecule has 0 spiro atoms. The zero-order valence-corrected chi connectivity index (χ0v) is 14.7. The third kappa shape index (κ3) is 2.96. The second-order valence-corrected chi connectivity index (χ2v) is 7.28. The summed E-state index contributed by atoms with van der Waals surface area (Å²) in [5.41, 5.74) is 1.33. The van der Waals surface area contributed by atoms with Crippen LogP contribution in [0.3, 0.4) is 0 Å². The summed E-state index contributed by atoms with van der Waals surface area (Å²) in [4.78, 5) is 24.8. The fourth-order valence-electron chi connectivity index (χ4n) is 3.37. The smallest absolute Gasteiger partial charge is 0.346 e. The van der Waals surface area contributed by atoms with E-state index in [0.29, 0.717) is 16.1 Å². The molecule has 0 aliphatic carbocycles. The Kier molecular flexibility index (Phi) is 4.16. The monoisotopic (exact) mass is 383 g/mol. The summed E-state index contributed by atoms with van der Waals surface area (Å²) < 4.78 is 14.4. The Morgan fingerprint density at radius 2 is 1.96 bits per heavy atom. The maximum Gasteiger partial charge on any atom is 0.346 e. The zero-order valence-electron chi connectivity index (χ0n) is 13.9. The van der Waals surface area contributed by atoms with E-state index in [1.54, 1.807) is 24.3 Å². The molecule has 0 unspecified atom stereocenters. The van der Waals surface area contributed by atoms with E-state index in [0.717, 1.165) is 11.3 Å². The third-order valence-electron chi connectivity index (χ3n) is 4.52. The summed E-state index contributed by atoms with van der Waals surface area (Å²) in [7, 11) is 0. The van der Waals surface area contributed by atoms with Gasteiger partial charge in [0.05, 0.1) is 5.69 Å². The van der Waals surface area contributed by atoms with Crippen LogP contribution in [0.5, 0.6) is 5.75 Å². The summed E-state index contributed by atoms with van der Waals surface area (Å²) in [6.07, 6.45) is 0.118. The molecule has 2 heterocycles. The Labute approximate surface area is 157 Å². The van der Waals surface area contributed by atoms with Gasteiger partial charge in [0.1, 0.15) is 16.4 Å². The first-order valence-electron chi connectivity index (χ1n) is 8.19. The van der Waals surface area contributed by atoms with Gasteiger partial charge in [-0.3, -0.25) is 4.79 Å². The van der Waals surface area contributed by atoms with Crippen molar-refractivity contribution in [3.8, 4) is 16.9 Å². The van der Waals surface area contributed by atoms with Gasteiger partial charge in [0.15, 0.2) is 0 Å². The first kappa shape index (κ1) is 17.2. The van der Waals surface area contributed by atoms with Crippen LogP contribution in [0.25, 0.3) is 11.1 Å². The van der Waals surface area contributed by atoms with E-state index in [4.69, 9.17) is 0 Å². The van der Waals surface area contributed by atoms with Gasteiger partial charge in [0.25, 0.3) is 0 Å². The lowest BCUT2D eigenvalue weighted by atomic mass is 9.88. The number of nitrogens with one attached hydrogen (secondary N) is 1. The first-order chi connectivity index (χ1) is 13.0. The van der Waals surface area contributed by atoms with Gasteiger partial charge in [-0.25, -0.2) is 9.18 Å². The number of hydrogen-bond donors (Lipinski definition) is 3. The Balaban J connectivity index is 1.97. The highest BCUT2D eigenvalue weighted by Gasteiger charge is 2.35. The molecule has 3 N–H and O–H groups in total. The lowest BCUT2D eigenvalue weighted by molar-refractivity contribution is -0.116. The summed E-state index contributed by atoms with van der Waals surface area (Å²) in [6, 6.07) is 12.4. The third-order valence-corrected chi connectivity index (χ3v) is 5.81. The van der Waals surface area contributed by atoms with Crippen LogP contribution in [0.15, 0.2) is 48.5 Å². The van der Waals surface area contributed by atoms with Crippen LogP contribution in [0.1, 0.15) is 32.5 Å². The van der Waals surface area contributed by atoms with E-state index >= 15 is 0 Å². The SMILES string of the molecule is O=C1C[C@H](c2cccc(O)c2)c2sc(C(=O)O)c(-c3ccccc3F)c2N1. The van der Waals surface area contributed by atoms with Crippen molar-refractivity contribution in [1.82, 2.24) is 0 Å². The van der Waals surface area contributed by atoms with E-state index in [2.05, 4.69) is 5.32 Å². The summed E-state index contributed by atoms with van der Waals surface area (Å²) in [5.74, 6) is -2.39. The number of carbonyl (C=O) groups excluding carboxylic acids is 1. The standard InChI is InChI=1S/C20H14FNO4S/c21-14-7-2-1-6-12(14)16-17-18(27-19(16)20(25)26)13(9-15(24)22-17)10-4-3-5-11(23)8-10/h1-8,13,23H,9H2,(H,22,24)(H,25,26)/t13-/m1/s1. The number of thiophene rings is 1. The van der Waals surface area contributed by atoms with Gasteiger partial charge >= 0.3 is 5.97 Å². The number of halogens is 1. The molecule has 7 heteroatoms. The fourth-order valence-corrected chi connectivity index (χ4v) is 4.61. The maximum atomic E-state index is 14.4. The Morgan fingerprint density at radius 3 is 2.67 bits per heavy atom. The minimum Gasteiger partial charge on any atom is -0.508 e. The number of anilines is 1. The normalized spacial score (nSPS) is 15.9. The molecule has 4 rings (SSSR count). The van der Waals surface area contributed by atoms with Crippen molar-refractivity contribution >= 4 is 28.9 Å². The quantitative estimate of drug-likeness (QED) is 0.624. The maximum absolute atomic E-state index is 14.4. The number of phenols is 1. The van der Waals surface area contributed by atoms with Gasteiger partial charge in [0, 0.05) is 28.3 Å². The van der Waals surface area contributed by atoms with E-state index in [1.165, 1.54) is 24.3 Å². The molecule has 1 amide bonds. The average molecular weight is 383 g/mol. The molecule has 2 aromatic carbocycles. The highest BCUT2D eigenvalue weighted by Crippen LogP contribution is 2.50. The molecular formula is C20H14FNO4S. The second kappa shape index (κ2) is 6.51. The van der Waals surface area contributed by atoms with E-state index < -0.39 is 17.7 Å². The molecule has 1 aromatic heterocycles. The predicted octanol–water partition coefficient (Wildman–Crippen LogP) is 4.43. The van der Waals surface area contributed by atoms with Crippen LogP contribution in [-0.4, -0.2) is 22.1 Å². The number of fused-ring (bicyclic) bond motifs is 1. The first-order valence-corrected chi connectivity index (χ1v) is 9.01. The lowest BCUT2D eigenvalue weighted by Crippen LogP contribution is -2.22. The minimum atomic E-state index is -1.18. The summed E-state index contributed by atoms with van der Waals surface area (Å²) in [5, 5.41) is 22.2. The number of phenolic OH excluding ortho intramolecular Hbond substituents is 1. The van der Waals surface area contributed by atoms with Crippen LogP contribution >= 0.6 is 11.3 Å². The predicted molar refractivity (Wildman–Crippen MR) is 99.9 cm³/mol. The van der Waals surface area contributed by atoms with Crippen molar-refractivity contribution in [2.24, 2.45) is 0 Å². The number of carbonyl (C=O) groups is 2. The molecule has 0 saturated carbocycles. The Hall–Kier alpha value is -3.19. The molecule has 0 radical (unpaired) electrons. The number of hydrogen-bond acceptors (Lipinski definition) is 4. The van der Waals surface area contributed by atoms with E-state index in [1.807, 2.05) is 0 Å². The fraction of sp³-hybridized carbons (Fsp3) is 0.100. The summed E-state index contributed by atoms with van der Waals surface area (Å²) >= 11 is 1.02. The number of amides is 1. The van der Waals surface area contributed by atoms with E-state index in [-0.39, 0.29) is 34.1 Å². The topological polar surface area (TPSA) is 86.6 Å². The number of carboxylic acid groups (broad SMARTS) is 1. The average Bonchev–Trinajstić information content (AvgIpc) is 3.01. The molecule has 5 nitrogen and oxygen atoms in total. The molecule has 1 atom stereocenters. The van der Waals surface area contributed by atoms with Gasteiger partial charge in [-0.05, 0) is 23.8 Å². The highest BCUT2D eigenvalue weighted by molar-refractivity contribution is 7.15. The Bertz CT molecular complexity index is 1080. The number of aromatic carboxylic acids is 1. The molecule has 0 saturated heterocycles. The number of benzene rings is 2. The minimum absolute atomic E-state index is 0.0301. The van der Waals surface area contributed by atoms with Gasteiger partial charge in [0.2, 0.25) is 5.91 Å². The van der Waals surface area contributed by atoms with Crippen molar-refractivity contribution in [3.05, 3.63) is 69.7 Å². The number of carboxylic acids is 1. The van der Waals surface area contributed by atoms with Gasteiger partial charge in [-0.1, -0.05) is 30.3 Å². The van der Waals surface area contributed by atoms with Crippen molar-refractivity contribution in [3.63, 3.8) is 0 Å². The molecule has 1 aliphatic rings. The molecular weight excluding hydrogens is 369 g/mol.